The number of hydrogen-bond donors (Lipinski definition) is 4. The molecule has 0 aromatic heterocycles. The molecule has 3 aromatic carbocycles. The first-order valence-electron chi connectivity index (χ1n) is 16.9. The van der Waals surface area contributed by atoms with E-state index in [1.165, 1.54) is 71.9 Å². The lowest BCUT2D eigenvalue weighted by atomic mass is 9.93. The minimum Gasteiger partial charge on any atom is -0.368 e. The summed E-state index contributed by atoms with van der Waals surface area (Å²) in [5, 5.41) is 14.6. The predicted octanol–water partition coefficient (Wildman–Crippen LogP) is 7.15. The maximum absolute atomic E-state index is 4.43. The van der Waals surface area contributed by atoms with Gasteiger partial charge in [0.15, 0.2) is 0 Å². The Morgan fingerprint density at radius 1 is 0.477 bits per heavy atom. The van der Waals surface area contributed by atoms with Crippen molar-refractivity contribution in [3.05, 3.63) is 131 Å². The molecule has 0 spiro atoms. The van der Waals surface area contributed by atoms with Gasteiger partial charge < -0.3 is 26.2 Å². The second kappa shape index (κ2) is 17.1. The summed E-state index contributed by atoms with van der Waals surface area (Å²) in [6.07, 6.45) is 10.8. The van der Waals surface area contributed by atoms with Crippen LogP contribution >= 0.6 is 0 Å². The average molecular weight is 592 g/mol. The minimum atomic E-state index is 0.736. The van der Waals surface area contributed by atoms with E-state index in [0.29, 0.717) is 0 Å². The summed E-state index contributed by atoms with van der Waals surface area (Å²) in [4.78, 5) is 2.22. The van der Waals surface area contributed by atoms with Crippen LogP contribution in [0.4, 0.5) is 0 Å². The Labute approximate surface area is 266 Å². The molecule has 0 saturated heterocycles. The van der Waals surface area contributed by atoms with Gasteiger partial charge in [0.2, 0.25) is 0 Å². The van der Waals surface area contributed by atoms with Crippen LogP contribution in [-0.4, -0.2) is 24.5 Å². The highest BCUT2D eigenvalue weighted by Crippen LogP contribution is 2.19. The summed E-state index contributed by atoms with van der Waals surface area (Å²) in [6, 6.07) is 27.3. The lowest BCUT2D eigenvalue weighted by Crippen LogP contribution is -2.36. The highest BCUT2D eigenvalue weighted by atomic mass is 15.3. The van der Waals surface area contributed by atoms with Crippen molar-refractivity contribution in [1.82, 2.24) is 26.2 Å². The van der Waals surface area contributed by atoms with E-state index >= 15 is 0 Å². The van der Waals surface area contributed by atoms with Crippen LogP contribution in [0.5, 0.6) is 0 Å². The third-order valence-corrected chi connectivity index (χ3v) is 9.26. The monoisotopic (exact) mass is 591 g/mol. The van der Waals surface area contributed by atoms with Crippen molar-refractivity contribution in [2.75, 3.05) is 19.6 Å². The molecular formula is C39H53N5. The van der Waals surface area contributed by atoms with Gasteiger partial charge in [0.25, 0.3) is 0 Å². The third-order valence-electron chi connectivity index (χ3n) is 9.26. The molecule has 0 aliphatic carbocycles. The predicted molar refractivity (Wildman–Crippen MR) is 185 cm³/mol. The molecular weight excluding hydrogens is 538 g/mol. The van der Waals surface area contributed by atoms with Crippen molar-refractivity contribution in [3.8, 4) is 0 Å². The number of hydrogen-bond acceptors (Lipinski definition) is 5. The molecule has 5 heteroatoms. The first kappa shape index (κ1) is 31.9. The zero-order valence-electron chi connectivity index (χ0n) is 26.7. The van der Waals surface area contributed by atoms with Gasteiger partial charge in [-0.3, -0.25) is 0 Å². The zero-order chi connectivity index (χ0) is 30.4. The van der Waals surface area contributed by atoms with Crippen molar-refractivity contribution < 1.29 is 0 Å². The standard InChI is InChI=1S/C39H53N5/c1-31-42-29-38-18-14-36(15-19-38)27-40-24-22-35-8-4-3-7-33-10-12-34(13-11-33)9-5-6-26-44(31)32(2)43-30-39-20-16-37(17-21-39)28-41-25-23-35/h10-21,35,40-43H,1-9,22-30H2. The normalized spacial score (nSPS) is 19.0. The van der Waals surface area contributed by atoms with Gasteiger partial charge in [0.05, 0.1) is 11.6 Å². The topological polar surface area (TPSA) is 51.4 Å². The highest BCUT2D eigenvalue weighted by molar-refractivity contribution is 5.25. The Morgan fingerprint density at radius 2 is 0.886 bits per heavy atom. The van der Waals surface area contributed by atoms with Crippen molar-refractivity contribution in [2.24, 2.45) is 5.92 Å². The van der Waals surface area contributed by atoms with Crippen molar-refractivity contribution >= 4 is 0 Å². The van der Waals surface area contributed by atoms with Crippen LogP contribution in [-0.2, 0) is 39.0 Å². The molecule has 12 heterocycles. The molecule has 0 amide bonds. The van der Waals surface area contributed by atoms with Crippen LogP contribution in [0.15, 0.2) is 97.6 Å². The van der Waals surface area contributed by atoms with E-state index in [1.807, 2.05) is 0 Å². The van der Waals surface area contributed by atoms with Gasteiger partial charge in [-0.25, -0.2) is 0 Å². The van der Waals surface area contributed by atoms with Crippen molar-refractivity contribution in [3.63, 3.8) is 0 Å². The van der Waals surface area contributed by atoms with E-state index in [0.717, 1.165) is 82.6 Å². The molecule has 0 radical (unpaired) electrons. The summed E-state index contributed by atoms with van der Waals surface area (Å²) in [5.74, 6) is 2.50. The van der Waals surface area contributed by atoms with Crippen LogP contribution in [0, 0.1) is 5.92 Å². The van der Waals surface area contributed by atoms with E-state index in [-0.39, 0.29) is 0 Å². The van der Waals surface area contributed by atoms with Crippen LogP contribution in [0.2, 0.25) is 0 Å². The fourth-order valence-electron chi connectivity index (χ4n) is 6.33. The second-order valence-corrected chi connectivity index (χ2v) is 12.7. The molecule has 12 aliphatic heterocycles. The summed E-state index contributed by atoms with van der Waals surface area (Å²) in [5.41, 5.74) is 8.08. The Morgan fingerprint density at radius 3 is 1.36 bits per heavy atom. The Balaban J connectivity index is 1.36. The van der Waals surface area contributed by atoms with E-state index in [2.05, 4.69) is 112 Å². The van der Waals surface area contributed by atoms with Crippen LogP contribution in [0.25, 0.3) is 0 Å². The molecule has 0 unspecified atom stereocenters. The lowest BCUT2D eigenvalue weighted by Gasteiger charge is -2.30. The molecule has 0 saturated carbocycles. The molecule has 0 fully saturated rings. The van der Waals surface area contributed by atoms with Crippen LogP contribution in [0.1, 0.15) is 78.3 Å². The Hall–Kier alpha value is -3.54. The maximum Gasteiger partial charge on any atom is 0.0997 e. The van der Waals surface area contributed by atoms with Gasteiger partial charge in [-0.15, -0.1) is 0 Å². The molecule has 3 aromatic rings. The van der Waals surface area contributed by atoms with Crippen LogP contribution < -0.4 is 21.3 Å². The molecule has 12 aliphatic rings. The van der Waals surface area contributed by atoms with Gasteiger partial charge >= 0.3 is 0 Å². The molecule has 44 heavy (non-hydrogen) atoms. The average Bonchev–Trinajstić information content (AvgIpc) is 3.05. The molecule has 8 bridgehead atoms. The SMILES string of the molecule is C=C1NCc2ccc(cc2)CNCCC2CCCCc3ccc(cc3)CCCCN1C(=C)NCc1ccc(cc1)CNCC2. The Bertz CT molecular complexity index is 1220. The summed E-state index contributed by atoms with van der Waals surface area (Å²) >= 11 is 0. The number of rotatable bonds is 0. The first-order valence-corrected chi connectivity index (χ1v) is 16.9. The van der Waals surface area contributed by atoms with E-state index < -0.39 is 0 Å². The molecule has 5 nitrogen and oxygen atoms in total. The number of nitrogens with one attached hydrogen (secondary N) is 4. The minimum absolute atomic E-state index is 0.736. The quantitative estimate of drug-likeness (QED) is 0.224. The van der Waals surface area contributed by atoms with Crippen molar-refractivity contribution in [1.29, 1.82) is 0 Å². The largest absolute Gasteiger partial charge is 0.368 e. The Kier molecular flexibility index (Phi) is 12.4. The molecule has 15 rings (SSSR count). The molecule has 4 N–H and O–H groups in total. The van der Waals surface area contributed by atoms with Gasteiger partial charge in [0.1, 0.15) is 0 Å². The van der Waals surface area contributed by atoms with Crippen LogP contribution in [0.3, 0.4) is 0 Å². The number of nitrogens with zero attached hydrogens (tertiary/aromatic N) is 1. The smallest absolute Gasteiger partial charge is 0.0997 e. The molecule has 0 atom stereocenters. The van der Waals surface area contributed by atoms with Gasteiger partial charge in [-0.05, 0) is 97.3 Å². The number of benzene rings is 3. The third kappa shape index (κ3) is 10.3. The fraction of sp³-hybridized carbons (Fsp3) is 0.436. The maximum atomic E-state index is 4.43. The summed E-state index contributed by atoms with van der Waals surface area (Å²) < 4.78 is 0. The van der Waals surface area contributed by atoms with E-state index in [4.69, 9.17) is 0 Å². The first-order chi connectivity index (χ1) is 21.6. The second-order valence-electron chi connectivity index (χ2n) is 12.7. The summed E-state index contributed by atoms with van der Waals surface area (Å²) in [7, 11) is 0. The summed E-state index contributed by atoms with van der Waals surface area (Å²) in [6.45, 7) is 15.1. The molecule has 234 valence electrons. The van der Waals surface area contributed by atoms with E-state index in [9.17, 15) is 0 Å². The van der Waals surface area contributed by atoms with E-state index in [1.54, 1.807) is 0 Å². The highest BCUT2D eigenvalue weighted by Gasteiger charge is 2.13. The van der Waals surface area contributed by atoms with Gasteiger partial charge in [0, 0.05) is 32.7 Å². The zero-order valence-corrected chi connectivity index (χ0v) is 26.7. The van der Waals surface area contributed by atoms with Crippen molar-refractivity contribution in [2.45, 2.75) is 84.0 Å². The fourth-order valence-corrected chi connectivity index (χ4v) is 6.33. The number of aryl methyl sites for hydroxylation is 2. The van der Waals surface area contributed by atoms with Gasteiger partial charge in [-0.1, -0.05) is 98.8 Å². The van der Waals surface area contributed by atoms with Gasteiger partial charge in [-0.2, -0.15) is 0 Å². The lowest BCUT2D eigenvalue weighted by molar-refractivity contribution is 0.356.